The van der Waals surface area contributed by atoms with Crippen molar-refractivity contribution in [1.29, 1.82) is 0 Å². The zero-order chi connectivity index (χ0) is 16.1. The molecule has 4 heteroatoms. The number of rotatable bonds is 5. The Balaban J connectivity index is 1.61. The Bertz CT molecular complexity index is 779. The molecule has 116 valence electrons. The van der Waals surface area contributed by atoms with Gasteiger partial charge in [0.15, 0.2) is 0 Å². The second kappa shape index (κ2) is 7.20. The lowest BCUT2D eigenvalue weighted by Crippen LogP contribution is -2.25. The largest absolute Gasteiger partial charge is 0.352 e. The van der Waals surface area contributed by atoms with E-state index in [1.807, 2.05) is 35.7 Å². The SMILES string of the molecule is Cc1cccc(-c2ccc(C(=O)NCCc3cccs3)cn2)c1. The maximum atomic E-state index is 12.1. The Labute approximate surface area is 140 Å². The summed E-state index contributed by atoms with van der Waals surface area (Å²) in [7, 11) is 0. The Kier molecular flexibility index (Phi) is 4.83. The van der Waals surface area contributed by atoms with Crippen molar-refractivity contribution in [2.45, 2.75) is 13.3 Å². The van der Waals surface area contributed by atoms with E-state index in [0.717, 1.165) is 17.7 Å². The van der Waals surface area contributed by atoms with E-state index >= 15 is 0 Å². The number of hydrogen-bond acceptors (Lipinski definition) is 3. The van der Waals surface area contributed by atoms with E-state index < -0.39 is 0 Å². The predicted octanol–water partition coefficient (Wildman–Crippen LogP) is 4.09. The third-order valence-electron chi connectivity index (χ3n) is 3.58. The molecule has 0 aliphatic heterocycles. The maximum absolute atomic E-state index is 12.1. The van der Waals surface area contributed by atoms with Gasteiger partial charge in [0.25, 0.3) is 5.91 Å². The van der Waals surface area contributed by atoms with Crippen LogP contribution in [0, 0.1) is 6.92 Å². The highest BCUT2D eigenvalue weighted by Crippen LogP contribution is 2.18. The van der Waals surface area contributed by atoms with Crippen molar-refractivity contribution >= 4 is 17.2 Å². The number of amides is 1. The monoisotopic (exact) mass is 322 g/mol. The van der Waals surface area contributed by atoms with Gasteiger partial charge in [0.1, 0.15) is 0 Å². The molecule has 23 heavy (non-hydrogen) atoms. The molecular weight excluding hydrogens is 304 g/mol. The van der Waals surface area contributed by atoms with Crippen molar-refractivity contribution in [3.05, 3.63) is 76.1 Å². The molecule has 1 aromatic carbocycles. The average molecular weight is 322 g/mol. The zero-order valence-corrected chi connectivity index (χ0v) is 13.8. The Morgan fingerprint density at radius 3 is 2.78 bits per heavy atom. The van der Waals surface area contributed by atoms with Crippen LogP contribution >= 0.6 is 11.3 Å². The summed E-state index contributed by atoms with van der Waals surface area (Å²) >= 11 is 1.71. The average Bonchev–Trinajstić information content (AvgIpc) is 3.08. The molecule has 0 unspecified atom stereocenters. The van der Waals surface area contributed by atoms with Gasteiger partial charge in [-0.05, 0) is 43.0 Å². The minimum absolute atomic E-state index is 0.0788. The lowest BCUT2D eigenvalue weighted by molar-refractivity contribution is 0.0954. The zero-order valence-electron chi connectivity index (χ0n) is 13.0. The molecule has 0 saturated carbocycles. The molecule has 3 nitrogen and oxygen atoms in total. The summed E-state index contributed by atoms with van der Waals surface area (Å²) in [5.41, 5.74) is 3.73. The Morgan fingerprint density at radius 1 is 1.17 bits per heavy atom. The quantitative estimate of drug-likeness (QED) is 0.768. The van der Waals surface area contributed by atoms with Crippen molar-refractivity contribution in [1.82, 2.24) is 10.3 Å². The van der Waals surface area contributed by atoms with Gasteiger partial charge >= 0.3 is 0 Å². The van der Waals surface area contributed by atoms with Crippen LogP contribution in [0.15, 0.2) is 60.1 Å². The van der Waals surface area contributed by atoms with Crippen LogP contribution in [0.5, 0.6) is 0 Å². The topological polar surface area (TPSA) is 42.0 Å². The third-order valence-corrected chi connectivity index (χ3v) is 4.51. The van der Waals surface area contributed by atoms with Crippen molar-refractivity contribution in [2.24, 2.45) is 0 Å². The van der Waals surface area contributed by atoms with Crippen LogP contribution in [-0.4, -0.2) is 17.4 Å². The molecule has 0 fully saturated rings. The van der Waals surface area contributed by atoms with Gasteiger partial charge in [-0.1, -0.05) is 29.8 Å². The number of nitrogens with zero attached hydrogens (tertiary/aromatic N) is 1. The number of carbonyl (C=O) groups is 1. The van der Waals surface area contributed by atoms with Gasteiger partial charge in [-0.15, -0.1) is 11.3 Å². The highest BCUT2D eigenvalue weighted by molar-refractivity contribution is 7.09. The molecular formula is C19H18N2OS. The number of nitrogens with one attached hydrogen (secondary N) is 1. The van der Waals surface area contributed by atoms with Crippen molar-refractivity contribution in [3.63, 3.8) is 0 Å². The van der Waals surface area contributed by atoms with E-state index in [2.05, 4.69) is 35.4 Å². The first kappa shape index (κ1) is 15.4. The summed E-state index contributed by atoms with van der Waals surface area (Å²) < 4.78 is 0. The molecule has 0 aliphatic carbocycles. The van der Waals surface area contributed by atoms with Crippen LogP contribution in [0.3, 0.4) is 0 Å². The van der Waals surface area contributed by atoms with Gasteiger partial charge in [-0.3, -0.25) is 9.78 Å². The van der Waals surface area contributed by atoms with Crippen molar-refractivity contribution in [3.8, 4) is 11.3 Å². The molecule has 3 aromatic rings. The lowest BCUT2D eigenvalue weighted by Gasteiger charge is -2.06. The third kappa shape index (κ3) is 4.05. The number of benzene rings is 1. The predicted molar refractivity (Wildman–Crippen MR) is 94.8 cm³/mol. The second-order valence-corrected chi connectivity index (χ2v) is 6.42. The number of aromatic nitrogens is 1. The molecule has 0 bridgehead atoms. The maximum Gasteiger partial charge on any atom is 0.252 e. The van der Waals surface area contributed by atoms with E-state index in [-0.39, 0.29) is 5.91 Å². The highest BCUT2D eigenvalue weighted by atomic mass is 32.1. The first-order valence-corrected chi connectivity index (χ1v) is 8.44. The molecule has 0 spiro atoms. The Hall–Kier alpha value is -2.46. The molecule has 0 atom stereocenters. The lowest BCUT2D eigenvalue weighted by atomic mass is 10.1. The van der Waals surface area contributed by atoms with E-state index in [1.54, 1.807) is 17.5 Å². The smallest absolute Gasteiger partial charge is 0.252 e. The summed E-state index contributed by atoms with van der Waals surface area (Å²) in [6.07, 6.45) is 2.50. The molecule has 1 N–H and O–H groups in total. The minimum Gasteiger partial charge on any atom is -0.352 e. The molecule has 2 heterocycles. The summed E-state index contributed by atoms with van der Waals surface area (Å²) in [5.74, 6) is -0.0788. The molecule has 3 rings (SSSR count). The van der Waals surface area contributed by atoms with Crippen LogP contribution in [0.25, 0.3) is 11.3 Å². The first-order chi connectivity index (χ1) is 11.2. The molecule has 0 saturated heterocycles. The van der Waals surface area contributed by atoms with Crippen LogP contribution in [0.1, 0.15) is 20.8 Å². The van der Waals surface area contributed by atoms with Gasteiger partial charge in [-0.25, -0.2) is 0 Å². The summed E-state index contributed by atoms with van der Waals surface area (Å²) in [6.45, 7) is 2.69. The van der Waals surface area contributed by atoms with Crippen LogP contribution < -0.4 is 5.32 Å². The standard InChI is InChI=1S/C19H18N2OS/c1-14-4-2-5-15(12-14)18-8-7-16(13-21-18)19(22)20-10-9-17-6-3-11-23-17/h2-8,11-13H,9-10H2,1H3,(H,20,22). The number of carbonyl (C=O) groups excluding carboxylic acids is 1. The van der Waals surface area contributed by atoms with Crippen LogP contribution in [-0.2, 0) is 6.42 Å². The number of aryl methyl sites for hydroxylation is 1. The minimum atomic E-state index is -0.0788. The van der Waals surface area contributed by atoms with Crippen LogP contribution in [0.4, 0.5) is 0 Å². The van der Waals surface area contributed by atoms with E-state index in [0.29, 0.717) is 12.1 Å². The van der Waals surface area contributed by atoms with Gasteiger partial charge in [-0.2, -0.15) is 0 Å². The fourth-order valence-corrected chi connectivity index (χ4v) is 3.07. The Morgan fingerprint density at radius 2 is 2.09 bits per heavy atom. The second-order valence-electron chi connectivity index (χ2n) is 5.39. The van der Waals surface area contributed by atoms with Crippen LogP contribution in [0.2, 0.25) is 0 Å². The summed E-state index contributed by atoms with van der Waals surface area (Å²) in [5, 5.41) is 4.98. The fraction of sp³-hybridized carbons (Fsp3) is 0.158. The highest BCUT2D eigenvalue weighted by Gasteiger charge is 2.07. The van der Waals surface area contributed by atoms with E-state index in [9.17, 15) is 4.79 Å². The normalized spacial score (nSPS) is 10.5. The van der Waals surface area contributed by atoms with Gasteiger partial charge < -0.3 is 5.32 Å². The number of pyridine rings is 1. The summed E-state index contributed by atoms with van der Waals surface area (Å²) in [4.78, 5) is 17.8. The van der Waals surface area contributed by atoms with Crippen molar-refractivity contribution < 1.29 is 4.79 Å². The van der Waals surface area contributed by atoms with Crippen molar-refractivity contribution in [2.75, 3.05) is 6.54 Å². The van der Waals surface area contributed by atoms with E-state index in [4.69, 9.17) is 0 Å². The molecule has 0 radical (unpaired) electrons. The fourth-order valence-electron chi connectivity index (χ4n) is 2.36. The van der Waals surface area contributed by atoms with Gasteiger partial charge in [0.05, 0.1) is 11.3 Å². The first-order valence-electron chi connectivity index (χ1n) is 7.56. The summed E-state index contributed by atoms with van der Waals surface area (Å²) in [6, 6.07) is 16.0. The molecule has 2 aromatic heterocycles. The molecule has 1 amide bonds. The van der Waals surface area contributed by atoms with Gasteiger partial charge in [0, 0.05) is 23.2 Å². The van der Waals surface area contributed by atoms with E-state index in [1.165, 1.54) is 10.4 Å². The molecule has 0 aliphatic rings. The number of hydrogen-bond donors (Lipinski definition) is 1. The van der Waals surface area contributed by atoms with Gasteiger partial charge in [0.2, 0.25) is 0 Å². The number of thiophene rings is 1.